The van der Waals surface area contributed by atoms with E-state index in [1.807, 2.05) is 0 Å². The molecule has 46 valence electrons. The molecule has 1 saturated heterocycles. The average molecular weight is 133 g/mol. The summed E-state index contributed by atoms with van der Waals surface area (Å²) in [5.74, 6) is 1.76. The van der Waals surface area contributed by atoms with Crippen molar-refractivity contribution >= 4 is 18.2 Å². The number of thioether (sulfide) groups is 1. The summed E-state index contributed by atoms with van der Waals surface area (Å²) < 4.78 is 4.59. The fourth-order valence-corrected chi connectivity index (χ4v) is 1.36. The zero-order valence-electron chi connectivity index (χ0n) is 4.29. The standard InChI is InChI=1S/C4H7NO2S/c6-3-7-4-1-8-2-5-4/h3-5H,1-2H2. The lowest BCUT2D eigenvalue weighted by molar-refractivity contribution is -0.133. The summed E-state index contributed by atoms with van der Waals surface area (Å²) in [4.78, 5) is 9.69. The third-order valence-electron chi connectivity index (χ3n) is 0.902. The minimum Gasteiger partial charge on any atom is -0.448 e. The van der Waals surface area contributed by atoms with Crippen LogP contribution in [0.5, 0.6) is 0 Å². The van der Waals surface area contributed by atoms with Gasteiger partial charge >= 0.3 is 0 Å². The quantitative estimate of drug-likeness (QED) is 0.528. The van der Waals surface area contributed by atoms with Crippen LogP contribution < -0.4 is 5.32 Å². The molecule has 1 rings (SSSR count). The monoisotopic (exact) mass is 133 g/mol. The lowest BCUT2D eigenvalue weighted by atomic mass is 10.7. The molecule has 1 fully saturated rings. The van der Waals surface area contributed by atoms with E-state index in [-0.39, 0.29) is 6.23 Å². The van der Waals surface area contributed by atoms with Crippen LogP contribution in [0.1, 0.15) is 0 Å². The van der Waals surface area contributed by atoms with Gasteiger partial charge in [-0.2, -0.15) is 0 Å². The van der Waals surface area contributed by atoms with Gasteiger partial charge in [-0.3, -0.25) is 10.1 Å². The lowest BCUT2D eigenvalue weighted by Crippen LogP contribution is -2.26. The second-order valence-electron chi connectivity index (χ2n) is 1.44. The molecular formula is C4H7NO2S. The van der Waals surface area contributed by atoms with Crippen molar-refractivity contribution in [3.05, 3.63) is 0 Å². The Morgan fingerprint density at radius 1 is 1.88 bits per heavy atom. The van der Waals surface area contributed by atoms with E-state index in [0.717, 1.165) is 11.6 Å². The van der Waals surface area contributed by atoms with Crippen LogP contribution in [0.15, 0.2) is 0 Å². The van der Waals surface area contributed by atoms with Crippen molar-refractivity contribution in [1.82, 2.24) is 5.32 Å². The highest BCUT2D eigenvalue weighted by Crippen LogP contribution is 2.08. The van der Waals surface area contributed by atoms with Gasteiger partial charge in [0.15, 0.2) is 6.23 Å². The maximum absolute atomic E-state index is 9.69. The first-order valence-corrected chi connectivity index (χ1v) is 3.49. The minimum atomic E-state index is -0.0440. The van der Waals surface area contributed by atoms with E-state index in [9.17, 15) is 4.79 Å². The zero-order chi connectivity index (χ0) is 5.82. The second-order valence-corrected chi connectivity index (χ2v) is 2.47. The molecule has 1 unspecified atom stereocenters. The first-order chi connectivity index (χ1) is 3.93. The molecule has 1 heterocycles. The molecule has 0 aromatic carbocycles. The summed E-state index contributed by atoms with van der Waals surface area (Å²) in [7, 11) is 0. The Morgan fingerprint density at radius 3 is 3.25 bits per heavy atom. The molecule has 3 nitrogen and oxygen atoms in total. The fourth-order valence-electron chi connectivity index (χ4n) is 0.531. The van der Waals surface area contributed by atoms with Gasteiger partial charge in [-0.05, 0) is 0 Å². The molecule has 0 aliphatic carbocycles. The number of hydrogen-bond acceptors (Lipinski definition) is 4. The summed E-state index contributed by atoms with van der Waals surface area (Å²) in [6.07, 6.45) is -0.0440. The van der Waals surface area contributed by atoms with Gasteiger partial charge < -0.3 is 4.74 Å². The number of nitrogens with one attached hydrogen (secondary N) is 1. The Labute approximate surface area is 51.8 Å². The average Bonchev–Trinajstić information content (AvgIpc) is 2.19. The number of hydrogen-bond donors (Lipinski definition) is 1. The third kappa shape index (κ3) is 1.38. The van der Waals surface area contributed by atoms with E-state index in [2.05, 4.69) is 10.1 Å². The van der Waals surface area contributed by atoms with Crippen molar-refractivity contribution in [2.45, 2.75) is 6.23 Å². The summed E-state index contributed by atoms with van der Waals surface area (Å²) >= 11 is 1.73. The van der Waals surface area contributed by atoms with Crippen LogP contribution in [0, 0.1) is 0 Å². The summed E-state index contributed by atoms with van der Waals surface area (Å²) in [5, 5.41) is 2.97. The molecule has 0 radical (unpaired) electrons. The van der Waals surface area contributed by atoms with E-state index < -0.39 is 0 Å². The molecule has 0 aromatic heterocycles. The number of carbonyl (C=O) groups excluding carboxylic acids is 1. The van der Waals surface area contributed by atoms with Crippen LogP contribution in [0.3, 0.4) is 0 Å². The first-order valence-electron chi connectivity index (χ1n) is 2.33. The molecule has 0 aromatic rings. The van der Waals surface area contributed by atoms with Crippen LogP contribution in [-0.2, 0) is 9.53 Å². The number of ether oxygens (including phenoxy) is 1. The van der Waals surface area contributed by atoms with E-state index in [1.165, 1.54) is 0 Å². The predicted octanol–water partition coefficient (Wildman–Crippen LogP) is -0.221. The molecule has 1 N–H and O–H groups in total. The molecule has 0 saturated carbocycles. The van der Waals surface area contributed by atoms with Crippen molar-refractivity contribution in [3.8, 4) is 0 Å². The topological polar surface area (TPSA) is 38.3 Å². The molecule has 1 atom stereocenters. The van der Waals surface area contributed by atoms with Crippen molar-refractivity contribution in [3.63, 3.8) is 0 Å². The second kappa shape index (κ2) is 2.94. The van der Waals surface area contributed by atoms with Crippen LogP contribution in [0.25, 0.3) is 0 Å². The van der Waals surface area contributed by atoms with Gasteiger partial charge in [0.1, 0.15) is 0 Å². The highest BCUT2D eigenvalue weighted by molar-refractivity contribution is 7.99. The van der Waals surface area contributed by atoms with Crippen LogP contribution in [0.4, 0.5) is 0 Å². The van der Waals surface area contributed by atoms with Gasteiger partial charge in [0, 0.05) is 11.6 Å². The molecular weight excluding hydrogens is 126 g/mol. The van der Waals surface area contributed by atoms with E-state index in [4.69, 9.17) is 0 Å². The van der Waals surface area contributed by atoms with E-state index >= 15 is 0 Å². The SMILES string of the molecule is O=COC1CSCN1. The highest BCUT2D eigenvalue weighted by Gasteiger charge is 2.13. The van der Waals surface area contributed by atoms with Crippen molar-refractivity contribution in [2.24, 2.45) is 0 Å². The van der Waals surface area contributed by atoms with Crippen molar-refractivity contribution < 1.29 is 9.53 Å². The Hall–Kier alpha value is -0.220. The van der Waals surface area contributed by atoms with Crippen LogP contribution >= 0.6 is 11.8 Å². The zero-order valence-corrected chi connectivity index (χ0v) is 5.11. The van der Waals surface area contributed by atoms with Gasteiger partial charge in [0.2, 0.25) is 0 Å². The minimum absolute atomic E-state index is 0.0440. The van der Waals surface area contributed by atoms with E-state index in [1.54, 1.807) is 11.8 Å². The first kappa shape index (κ1) is 5.91. The maximum Gasteiger partial charge on any atom is 0.294 e. The molecule has 0 bridgehead atoms. The molecule has 1 aliphatic heterocycles. The molecule has 4 heteroatoms. The molecule has 8 heavy (non-hydrogen) atoms. The Kier molecular flexibility index (Phi) is 2.17. The van der Waals surface area contributed by atoms with Crippen molar-refractivity contribution in [2.75, 3.05) is 11.6 Å². The van der Waals surface area contributed by atoms with Gasteiger partial charge in [-0.15, -0.1) is 11.8 Å². The lowest BCUT2D eigenvalue weighted by Gasteiger charge is -2.03. The molecule has 0 amide bonds. The maximum atomic E-state index is 9.69. The third-order valence-corrected chi connectivity index (χ3v) is 1.81. The summed E-state index contributed by atoms with van der Waals surface area (Å²) in [5.41, 5.74) is 0. The smallest absolute Gasteiger partial charge is 0.294 e. The van der Waals surface area contributed by atoms with Gasteiger partial charge in [-0.1, -0.05) is 0 Å². The van der Waals surface area contributed by atoms with Crippen LogP contribution in [-0.4, -0.2) is 24.3 Å². The van der Waals surface area contributed by atoms with Crippen molar-refractivity contribution in [1.29, 1.82) is 0 Å². The van der Waals surface area contributed by atoms with E-state index in [0.29, 0.717) is 6.47 Å². The highest BCUT2D eigenvalue weighted by atomic mass is 32.2. The predicted molar refractivity (Wildman–Crippen MR) is 31.4 cm³/mol. The summed E-state index contributed by atoms with van der Waals surface area (Å²) in [6.45, 7) is 0.476. The molecule has 0 spiro atoms. The van der Waals surface area contributed by atoms with Gasteiger partial charge in [-0.25, -0.2) is 0 Å². The van der Waals surface area contributed by atoms with Crippen LogP contribution in [0.2, 0.25) is 0 Å². The van der Waals surface area contributed by atoms with Gasteiger partial charge in [0.25, 0.3) is 6.47 Å². The Bertz CT molecular complexity index is 82.1. The van der Waals surface area contributed by atoms with Gasteiger partial charge in [0.05, 0.1) is 0 Å². The number of rotatable bonds is 2. The summed E-state index contributed by atoms with van der Waals surface area (Å²) in [6, 6.07) is 0. The molecule has 1 aliphatic rings. The largest absolute Gasteiger partial charge is 0.448 e. The fraction of sp³-hybridized carbons (Fsp3) is 0.750. The Morgan fingerprint density at radius 2 is 2.75 bits per heavy atom. The number of carbonyl (C=O) groups is 1. The normalized spacial score (nSPS) is 27.8. The Balaban J connectivity index is 2.14.